The van der Waals surface area contributed by atoms with Crippen molar-refractivity contribution in [2.24, 2.45) is 4.99 Å². The van der Waals surface area contributed by atoms with E-state index in [-0.39, 0.29) is 18.9 Å². The molecule has 36 heavy (non-hydrogen) atoms. The Bertz CT molecular complexity index is 1290. The molecule has 1 amide bonds. The third-order valence-corrected chi connectivity index (χ3v) is 6.82. The van der Waals surface area contributed by atoms with Gasteiger partial charge in [-0.1, -0.05) is 47.6 Å². The molecule has 0 unspecified atom stereocenters. The summed E-state index contributed by atoms with van der Waals surface area (Å²) in [4.78, 5) is 31.8. The number of carbonyl (C=O) groups excluding carboxylic acids is 2. The highest BCUT2D eigenvalue weighted by Crippen LogP contribution is 2.45. The Morgan fingerprint density at radius 2 is 1.92 bits per heavy atom. The number of rotatable bonds is 6. The topological polar surface area (TPSA) is 71.0 Å². The lowest BCUT2D eigenvalue weighted by atomic mass is 9.94. The average molecular weight is 536 g/mol. The number of ether oxygens (including phenoxy) is 1. The van der Waals surface area contributed by atoms with Crippen LogP contribution in [0.3, 0.4) is 0 Å². The smallest absolute Gasteiger partial charge is 0.416 e. The van der Waals surface area contributed by atoms with Crippen molar-refractivity contribution in [3.8, 4) is 0 Å². The molecule has 1 N–H and O–H groups in total. The SMILES string of the molecule is COC(=O)C1=C(C)N=C2SC=C(CC(=O)NCc3cccc(C(F)(F)F)c3)N2[C@H]1c1ccc(Cl)cc1. The fourth-order valence-corrected chi connectivity index (χ4v) is 5.08. The fourth-order valence-electron chi connectivity index (χ4n) is 3.99. The van der Waals surface area contributed by atoms with Crippen molar-refractivity contribution in [2.45, 2.75) is 32.1 Å². The van der Waals surface area contributed by atoms with Gasteiger partial charge in [0.2, 0.25) is 5.91 Å². The van der Waals surface area contributed by atoms with Crippen molar-refractivity contribution < 1.29 is 27.5 Å². The first-order valence-electron chi connectivity index (χ1n) is 10.8. The number of benzene rings is 2. The summed E-state index contributed by atoms with van der Waals surface area (Å²) in [5, 5.41) is 5.58. The maximum atomic E-state index is 13.0. The molecule has 6 nitrogen and oxygen atoms in total. The van der Waals surface area contributed by atoms with E-state index in [9.17, 15) is 22.8 Å². The van der Waals surface area contributed by atoms with Gasteiger partial charge in [-0.2, -0.15) is 13.2 Å². The van der Waals surface area contributed by atoms with Gasteiger partial charge < -0.3 is 15.0 Å². The van der Waals surface area contributed by atoms with Gasteiger partial charge in [-0.05, 0) is 47.7 Å². The Morgan fingerprint density at radius 1 is 1.19 bits per heavy atom. The van der Waals surface area contributed by atoms with Crippen molar-refractivity contribution in [3.63, 3.8) is 0 Å². The standard InChI is InChI=1S/C25H21ClF3N3O3S/c1-14-21(23(34)35-2)22(16-6-8-18(26)9-7-16)32-19(13-36-24(32)31-14)11-20(33)30-12-15-4-3-5-17(10-15)25(27,28)29/h3-10,13,22H,11-12H2,1-2H3,(H,30,33)/t22-/m0/s1. The predicted octanol–water partition coefficient (Wildman–Crippen LogP) is 5.81. The van der Waals surface area contributed by atoms with Crippen LogP contribution < -0.4 is 5.32 Å². The van der Waals surface area contributed by atoms with Gasteiger partial charge in [0.1, 0.15) is 0 Å². The molecule has 1 atom stereocenters. The number of aliphatic imine (C=N–C) groups is 1. The lowest BCUT2D eigenvalue weighted by molar-refractivity contribution is -0.138. The minimum atomic E-state index is -4.46. The van der Waals surface area contributed by atoms with Gasteiger partial charge in [0.05, 0.1) is 36.4 Å². The molecule has 4 rings (SSSR count). The second kappa shape index (κ2) is 10.4. The first-order chi connectivity index (χ1) is 17.1. The fraction of sp³-hybridized carbons (Fsp3) is 0.240. The number of amidine groups is 1. The Morgan fingerprint density at radius 3 is 2.58 bits per heavy atom. The van der Waals surface area contributed by atoms with Crippen molar-refractivity contribution in [2.75, 3.05) is 7.11 Å². The van der Waals surface area contributed by atoms with Crippen LogP contribution in [0.15, 0.2) is 75.9 Å². The summed E-state index contributed by atoms with van der Waals surface area (Å²) in [5.41, 5.74) is 1.74. The van der Waals surface area contributed by atoms with Crippen LogP contribution in [0.25, 0.3) is 0 Å². The third kappa shape index (κ3) is 5.44. The molecule has 2 aliphatic heterocycles. The number of fused-ring (bicyclic) bond motifs is 1. The van der Waals surface area contributed by atoms with E-state index in [4.69, 9.17) is 16.3 Å². The number of allylic oxidation sites excluding steroid dienone is 1. The molecule has 0 aliphatic carbocycles. The van der Waals surface area contributed by atoms with E-state index in [1.165, 1.54) is 31.0 Å². The molecule has 188 valence electrons. The zero-order valence-electron chi connectivity index (χ0n) is 19.2. The minimum absolute atomic E-state index is 0.0584. The minimum Gasteiger partial charge on any atom is -0.466 e. The maximum absolute atomic E-state index is 13.0. The molecule has 0 aromatic heterocycles. The summed E-state index contributed by atoms with van der Waals surface area (Å²) < 4.78 is 43.9. The van der Waals surface area contributed by atoms with Crippen molar-refractivity contribution >= 4 is 40.4 Å². The van der Waals surface area contributed by atoms with Gasteiger partial charge in [-0.25, -0.2) is 9.79 Å². The highest BCUT2D eigenvalue weighted by atomic mass is 35.5. The lowest BCUT2D eigenvalue weighted by Crippen LogP contribution is -2.37. The number of nitrogens with one attached hydrogen (secondary N) is 1. The van der Waals surface area contributed by atoms with E-state index in [0.29, 0.717) is 32.7 Å². The summed E-state index contributed by atoms with van der Waals surface area (Å²) >= 11 is 7.38. The van der Waals surface area contributed by atoms with Crippen LogP contribution in [0.5, 0.6) is 0 Å². The maximum Gasteiger partial charge on any atom is 0.416 e. The van der Waals surface area contributed by atoms with Crippen LogP contribution in [0.4, 0.5) is 13.2 Å². The van der Waals surface area contributed by atoms with Gasteiger partial charge in [0.15, 0.2) is 5.17 Å². The molecule has 0 saturated heterocycles. The van der Waals surface area contributed by atoms with E-state index in [2.05, 4.69) is 10.3 Å². The Hall–Kier alpha value is -3.24. The number of halogens is 4. The number of amides is 1. The monoisotopic (exact) mass is 535 g/mol. The van der Waals surface area contributed by atoms with E-state index < -0.39 is 23.8 Å². The number of hydrogen-bond donors (Lipinski definition) is 1. The highest BCUT2D eigenvalue weighted by molar-refractivity contribution is 8.16. The van der Waals surface area contributed by atoms with E-state index in [1.54, 1.807) is 41.5 Å². The van der Waals surface area contributed by atoms with Crippen molar-refractivity contribution in [1.29, 1.82) is 0 Å². The highest BCUT2D eigenvalue weighted by Gasteiger charge is 2.41. The summed E-state index contributed by atoms with van der Waals surface area (Å²) in [6.07, 6.45) is -4.53. The van der Waals surface area contributed by atoms with Crippen LogP contribution in [0.2, 0.25) is 5.02 Å². The molecular weight excluding hydrogens is 515 g/mol. The van der Waals surface area contributed by atoms with Crippen LogP contribution >= 0.6 is 23.4 Å². The number of methoxy groups -OCH3 is 1. The molecular formula is C25H21ClF3N3O3S. The van der Waals surface area contributed by atoms with E-state index in [1.807, 2.05) is 0 Å². The predicted molar refractivity (Wildman–Crippen MR) is 132 cm³/mol. The quantitative estimate of drug-likeness (QED) is 0.472. The largest absolute Gasteiger partial charge is 0.466 e. The second-order valence-electron chi connectivity index (χ2n) is 8.09. The number of hydrogen-bond acceptors (Lipinski definition) is 6. The van der Waals surface area contributed by atoms with Gasteiger partial charge in [0, 0.05) is 17.3 Å². The Balaban J connectivity index is 1.55. The lowest BCUT2D eigenvalue weighted by Gasteiger charge is -2.36. The molecule has 0 spiro atoms. The summed E-state index contributed by atoms with van der Waals surface area (Å²) in [6, 6.07) is 11.2. The summed E-state index contributed by atoms with van der Waals surface area (Å²) in [5.74, 6) is -0.929. The molecule has 0 fully saturated rings. The van der Waals surface area contributed by atoms with Crippen LogP contribution in [0.1, 0.15) is 36.1 Å². The van der Waals surface area contributed by atoms with Crippen LogP contribution in [-0.2, 0) is 27.0 Å². The molecule has 2 heterocycles. The van der Waals surface area contributed by atoms with Gasteiger partial charge in [0.25, 0.3) is 0 Å². The first kappa shape index (κ1) is 25.8. The molecule has 2 aliphatic rings. The molecule has 2 aromatic carbocycles. The zero-order chi connectivity index (χ0) is 26.0. The molecule has 2 aromatic rings. The average Bonchev–Trinajstić information content (AvgIpc) is 3.23. The van der Waals surface area contributed by atoms with Crippen molar-refractivity contribution in [1.82, 2.24) is 10.2 Å². The normalized spacial score (nSPS) is 17.4. The number of carbonyl (C=O) groups is 2. The van der Waals surface area contributed by atoms with Gasteiger partial charge >= 0.3 is 12.1 Å². The van der Waals surface area contributed by atoms with E-state index >= 15 is 0 Å². The molecule has 0 saturated carbocycles. The zero-order valence-corrected chi connectivity index (χ0v) is 20.8. The molecule has 11 heteroatoms. The van der Waals surface area contributed by atoms with Gasteiger partial charge in [-0.3, -0.25) is 4.79 Å². The van der Waals surface area contributed by atoms with Gasteiger partial charge in [-0.15, -0.1) is 0 Å². The number of alkyl halides is 3. The number of esters is 1. The number of thioether (sulfide) groups is 1. The Labute approximate surface area is 214 Å². The molecule has 0 bridgehead atoms. The third-order valence-electron chi connectivity index (χ3n) is 5.68. The summed E-state index contributed by atoms with van der Waals surface area (Å²) in [6.45, 7) is 1.66. The van der Waals surface area contributed by atoms with Crippen molar-refractivity contribution in [3.05, 3.63) is 92.6 Å². The Kier molecular flexibility index (Phi) is 7.46. The summed E-state index contributed by atoms with van der Waals surface area (Å²) in [7, 11) is 1.29. The van der Waals surface area contributed by atoms with Crippen LogP contribution in [-0.4, -0.2) is 29.1 Å². The first-order valence-corrected chi connectivity index (χ1v) is 12.0. The van der Waals surface area contributed by atoms with E-state index in [0.717, 1.165) is 17.7 Å². The second-order valence-corrected chi connectivity index (χ2v) is 9.36. The molecule has 0 radical (unpaired) electrons. The van der Waals surface area contributed by atoms with Crippen LogP contribution in [0, 0.1) is 0 Å². The number of nitrogens with zero attached hydrogens (tertiary/aromatic N) is 2.